The fourth-order valence-electron chi connectivity index (χ4n) is 2.14. The number of amides is 1. The highest BCUT2D eigenvalue weighted by atomic mass is 16.2. The van der Waals surface area contributed by atoms with Crippen LogP contribution in [0, 0.1) is 5.41 Å². The lowest BCUT2D eigenvalue weighted by Gasteiger charge is -2.24. The summed E-state index contributed by atoms with van der Waals surface area (Å²) in [4.78, 5) is 11.7. The Morgan fingerprint density at radius 2 is 2.14 bits per heavy atom. The lowest BCUT2D eigenvalue weighted by atomic mass is 9.90. The lowest BCUT2D eigenvalue weighted by molar-refractivity contribution is -0.121. The second kappa shape index (κ2) is 2.29. The van der Waals surface area contributed by atoms with Gasteiger partial charge in [-0.15, -0.1) is 0 Å². The number of benzene rings is 1. The molecule has 2 aliphatic rings. The van der Waals surface area contributed by atoms with Crippen LogP contribution in [0.1, 0.15) is 18.4 Å². The van der Waals surface area contributed by atoms with Crippen LogP contribution in [0.3, 0.4) is 0 Å². The van der Waals surface area contributed by atoms with Crippen molar-refractivity contribution in [1.29, 1.82) is 0 Å². The molecule has 1 aromatic rings. The summed E-state index contributed by atoms with van der Waals surface area (Å²) in [6, 6.07) is 5.68. The number of hydrogen-bond donors (Lipinski definition) is 2. The van der Waals surface area contributed by atoms with Crippen molar-refractivity contribution in [3.63, 3.8) is 0 Å². The third kappa shape index (κ3) is 0.953. The van der Waals surface area contributed by atoms with Crippen LogP contribution in [0.25, 0.3) is 0 Å². The maximum Gasteiger partial charge on any atom is 0.230 e. The summed E-state index contributed by atoms with van der Waals surface area (Å²) in [5.74, 6) is 0.190. The van der Waals surface area contributed by atoms with Gasteiger partial charge in [0.2, 0.25) is 5.91 Å². The zero-order chi connectivity index (χ0) is 9.76. The minimum Gasteiger partial charge on any atom is -0.399 e. The van der Waals surface area contributed by atoms with Gasteiger partial charge in [0.1, 0.15) is 0 Å². The quantitative estimate of drug-likeness (QED) is 0.607. The van der Waals surface area contributed by atoms with Crippen LogP contribution in [0.5, 0.6) is 0 Å². The van der Waals surface area contributed by atoms with E-state index in [1.54, 1.807) is 0 Å². The molecule has 1 aliphatic heterocycles. The van der Waals surface area contributed by atoms with Crippen molar-refractivity contribution in [2.24, 2.45) is 5.41 Å². The lowest BCUT2D eigenvalue weighted by Crippen LogP contribution is -2.31. The fourth-order valence-corrected chi connectivity index (χ4v) is 2.14. The van der Waals surface area contributed by atoms with E-state index in [0.717, 1.165) is 30.6 Å². The molecule has 3 N–H and O–H groups in total. The van der Waals surface area contributed by atoms with Gasteiger partial charge in [0, 0.05) is 11.4 Å². The van der Waals surface area contributed by atoms with Crippen LogP contribution in [-0.2, 0) is 11.2 Å². The van der Waals surface area contributed by atoms with E-state index in [2.05, 4.69) is 5.32 Å². The first-order chi connectivity index (χ1) is 6.70. The molecular weight excluding hydrogens is 176 g/mol. The van der Waals surface area contributed by atoms with Crippen LogP contribution in [0.15, 0.2) is 18.2 Å². The van der Waals surface area contributed by atoms with Crippen molar-refractivity contribution >= 4 is 17.3 Å². The largest absolute Gasteiger partial charge is 0.399 e. The number of carbonyl (C=O) groups excluding carboxylic acids is 1. The highest BCUT2D eigenvalue weighted by molar-refractivity contribution is 6.00. The normalized spacial score (nSPS) is 21.6. The van der Waals surface area contributed by atoms with Crippen molar-refractivity contribution < 1.29 is 4.79 Å². The van der Waals surface area contributed by atoms with Gasteiger partial charge >= 0.3 is 0 Å². The molecule has 0 atom stereocenters. The first kappa shape index (κ1) is 7.85. The second-order valence-corrected chi connectivity index (χ2v) is 4.33. The van der Waals surface area contributed by atoms with Gasteiger partial charge < -0.3 is 11.1 Å². The minimum atomic E-state index is -0.0825. The molecule has 1 fully saturated rings. The van der Waals surface area contributed by atoms with E-state index in [1.807, 2.05) is 18.2 Å². The summed E-state index contributed by atoms with van der Waals surface area (Å²) in [6.07, 6.45) is 2.90. The van der Waals surface area contributed by atoms with E-state index in [4.69, 9.17) is 5.73 Å². The van der Waals surface area contributed by atoms with Gasteiger partial charge in [-0.25, -0.2) is 0 Å². The van der Waals surface area contributed by atoms with Crippen molar-refractivity contribution in [1.82, 2.24) is 0 Å². The second-order valence-electron chi connectivity index (χ2n) is 4.33. The molecule has 3 rings (SSSR count). The first-order valence-corrected chi connectivity index (χ1v) is 4.90. The van der Waals surface area contributed by atoms with Crippen molar-refractivity contribution in [3.05, 3.63) is 23.8 Å². The van der Waals surface area contributed by atoms with Gasteiger partial charge in [0.25, 0.3) is 0 Å². The SMILES string of the molecule is Nc1ccc2c(c1)CC1(CC1)C(=O)N2. The molecule has 1 spiro atoms. The molecule has 0 unspecified atom stereocenters. The molecule has 0 radical (unpaired) electrons. The molecule has 0 aromatic heterocycles. The Labute approximate surface area is 82.3 Å². The molecule has 1 aromatic carbocycles. The van der Waals surface area contributed by atoms with E-state index in [0.29, 0.717) is 0 Å². The molecule has 3 heteroatoms. The predicted molar refractivity (Wildman–Crippen MR) is 54.9 cm³/mol. The molecule has 1 amide bonds. The van der Waals surface area contributed by atoms with Crippen LogP contribution in [0.2, 0.25) is 0 Å². The molecule has 14 heavy (non-hydrogen) atoms. The number of carbonyl (C=O) groups is 1. The maximum atomic E-state index is 11.7. The Morgan fingerprint density at radius 1 is 1.36 bits per heavy atom. The zero-order valence-corrected chi connectivity index (χ0v) is 7.84. The van der Waals surface area contributed by atoms with Gasteiger partial charge in [-0.1, -0.05) is 0 Å². The summed E-state index contributed by atoms with van der Waals surface area (Å²) in [7, 11) is 0. The molecular formula is C11H12N2O. The van der Waals surface area contributed by atoms with Crippen LogP contribution in [0.4, 0.5) is 11.4 Å². The monoisotopic (exact) mass is 188 g/mol. The fraction of sp³-hybridized carbons (Fsp3) is 0.364. The van der Waals surface area contributed by atoms with Gasteiger partial charge in [0.05, 0.1) is 5.41 Å². The molecule has 1 heterocycles. The van der Waals surface area contributed by atoms with Crippen LogP contribution in [-0.4, -0.2) is 5.91 Å². The summed E-state index contributed by atoms with van der Waals surface area (Å²) in [6.45, 7) is 0. The summed E-state index contributed by atoms with van der Waals surface area (Å²) >= 11 is 0. The van der Waals surface area contributed by atoms with E-state index >= 15 is 0 Å². The van der Waals surface area contributed by atoms with E-state index < -0.39 is 0 Å². The standard InChI is InChI=1S/C11H12N2O/c12-8-1-2-9-7(5-8)6-11(3-4-11)10(14)13-9/h1-2,5H,3-4,6,12H2,(H,13,14). The van der Waals surface area contributed by atoms with E-state index in [-0.39, 0.29) is 11.3 Å². The Hall–Kier alpha value is -1.51. The molecule has 1 aliphatic carbocycles. The summed E-state index contributed by atoms with van der Waals surface area (Å²) < 4.78 is 0. The van der Waals surface area contributed by atoms with Crippen molar-refractivity contribution in [2.75, 3.05) is 11.1 Å². The molecule has 0 saturated heterocycles. The smallest absolute Gasteiger partial charge is 0.230 e. The van der Waals surface area contributed by atoms with Gasteiger partial charge in [0.15, 0.2) is 0 Å². The maximum absolute atomic E-state index is 11.7. The number of nitrogens with one attached hydrogen (secondary N) is 1. The van der Waals surface area contributed by atoms with E-state index in [1.165, 1.54) is 5.56 Å². The number of rotatable bonds is 0. The highest BCUT2D eigenvalue weighted by Gasteiger charge is 2.51. The summed E-state index contributed by atoms with van der Waals surface area (Å²) in [5, 5.41) is 2.95. The Morgan fingerprint density at radius 3 is 2.86 bits per heavy atom. The Balaban J connectivity index is 2.07. The first-order valence-electron chi connectivity index (χ1n) is 4.90. The van der Waals surface area contributed by atoms with Gasteiger partial charge in [-0.3, -0.25) is 4.79 Å². The number of hydrogen-bond acceptors (Lipinski definition) is 2. The minimum absolute atomic E-state index is 0.0825. The van der Waals surface area contributed by atoms with Gasteiger partial charge in [-0.05, 0) is 43.0 Å². The molecule has 3 nitrogen and oxygen atoms in total. The van der Waals surface area contributed by atoms with Crippen molar-refractivity contribution in [2.45, 2.75) is 19.3 Å². The number of nitrogens with two attached hydrogens (primary N) is 1. The molecule has 72 valence electrons. The van der Waals surface area contributed by atoms with E-state index in [9.17, 15) is 4.79 Å². The summed E-state index contributed by atoms with van der Waals surface area (Å²) in [5.41, 5.74) is 8.52. The van der Waals surface area contributed by atoms with Crippen molar-refractivity contribution in [3.8, 4) is 0 Å². The molecule has 1 saturated carbocycles. The highest BCUT2D eigenvalue weighted by Crippen LogP contribution is 2.52. The Bertz CT molecular complexity index is 421. The van der Waals surface area contributed by atoms with Crippen LogP contribution < -0.4 is 11.1 Å². The number of anilines is 2. The number of fused-ring (bicyclic) bond motifs is 1. The average molecular weight is 188 g/mol. The predicted octanol–water partition coefficient (Wildman–Crippen LogP) is 1.54. The zero-order valence-electron chi connectivity index (χ0n) is 7.84. The Kier molecular flexibility index (Phi) is 1.29. The molecule has 0 bridgehead atoms. The third-order valence-electron chi connectivity index (χ3n) is 3.24. The third-order valence-corrected chi connectivity index (χ3v) is 3.24. The van der Waals surface area contributed by atoms with Gasteiger partial charge in [-0.2, -0.15) is 0 Å². The van der Waals surface area contributed by atoms with Crippen LogP contribution >= 0.6 is 0 Å². The number of nitrogen functional groups attached to an aromatic ring is 1. The average Bonchev–Trinajstić information content (AvgIpc) is 2.89. The topological polar surface area (TPSA) is 55.1 Å².